The topological polar surface area (TPSA) is 70.2 Å². The van der Waals surface area contributed by atoms with Crippen LogP contribution < -0.4 is 0 Å². The lowest BCUT2D eigenvalue weighted by Gasteiger charge is -2.02. The Morgan fingerprint density at radius 2 is 1.79 bits per heavy atom. The Morgan fingerprint density at radius 3 is 2.61 bits per heavy atom. The summed E-state index contributed by atoms with van der Waals surface area (Å²) in [5, 5.41) is 8.51. The molecule has 0 unspecified atom stereocenters. The summed E-state index contributed by atoms with van der Waals surface area (Å²) in [6.07, 6.45) is 5.35. The molecule has 5 nitrogen and oxygen atoms in total. The van der Waals surface area contributed by atoms with Crippen molar-refractivity contribution in [1.82, 2.24) is 25.1 Å². The molecule has 0 aliphatic carbocycles. The van der Waals surface area contributed by atoms with Crippen LogP contribution in [0.15, 0.2) is 67.1 Å². The minimum Gasteiger partial charge on any atom is -0.353 e. The third-order valence-corrected chi connectivity index (χ3v) is 4.85. The third-order valence-electron chi connectivity index (χ3n) is 4.85. The van der Waals surface area contributed by atoms with Gasteiger partial charge in [-0.1, -0.05) is 0 Å². The molecule has 2 N–H and O–H groups in total. The van der Waals surface area contributed by atoms with E-state index in [0.717, 1.165) is 50.4 Å². The highest BCUT2D eigenvalue weighted by Gasteiger charge is 2.13. The average molecular weight is 369 g/mol. The first kappa shape index (κ1) is 16.4. The lowest BCUT2D eigenvalue weighted by atomic mass is 10.1. The largest absolute Gasteiger partial charge is 0.353 e. The van der Waals surface area contributed by atoms with Crippen LogP contribution in [0.1, 0.15) is 5.56 Å². The number of aromatic nitrogens is 5. The monoisotopic (exact) mass is 369 g/mol. The van der Waals surface area contributed by atoms with Crippen LogP contribution in [0.2, 0.25) is 0 Å². The molecular formula is C22H16FN5. The first-order chi connectivity index (χ1) is 13.7. The highest BCUT2D eigenvalue weighted by Crippen LogP contribution is 2.31. The molecule has 28 heavy (non-hydrogen) atoms. The van der Waals surface area contributed by atoms with Crippen molar-refractivity contribution in [3.8, 4) is 33.9 Å². The van der Waals surface area contributed by atoms with Crippen LogP contribution >= 0.6 is 0 Å². The maximum atomic E-state index is 13.3. The predicted octanol–water partition coefficient (Wildman–Crippen LogP) is 5.13. The minimum atomic E-state index is -0.263. The molecule has 0 fully saturated rings. The van der Waals surface area contributed by atoms with Gasteiger partial charge in [0.15, 0.2) is 0 Å². The van der Waals surface area contributed by atoms with E-state index >= 15 is 0 Å². The Labute approximate surface area is 160 Å². The highest BCUT2D eigenvalue weighted by molar-refractivity contribution is 5.96. The SMILES string of the molecule is Cc1ccncc1-c1cc(-c2cc3c(-c4ccc(F)cc4)nccc3[nH]2)n[nH]1. The number of nitrogens with zero attached hydrogens (tertiary/aromatic N) is 3. The molecule has 0 radical (unpaired) electrons. The van der Waals surface area contributed by atoms with Crippen LogP contribution in [0.3, 0.4) is 0 Å². The zero-order valence-corrected chi connectivity index (χ0v) is 15.1. The quantitative estimate of drug-likeness (QED) is 0.463. The van der Waals surface area contributed by atoms with E-state index in [1.54, 1.807) is 24.5 Å². The number of H-pyrrole nitrogens is 2. The molecule has 5 rings (SSSR count). The van der Waals surface area contributed by atoms with Crippen molar-refractivity contribution in [2.75, 3.05) is 0 Å². The molecule has 4 aromatic heterocycles. The number of aromatic amines is 2. The fourth-order valence-corrected chi connectivity index (χ4v) is 3.37. The summed E-state index contributed by atoms with van der Waals surface area (Å²) in [7, 11) is 0. The van der Waals surface area contributed by atoms with Crippen molar-refractivity contribution in [3.63, 3.8) is 0 Å². The van der Waals surface area contributed by atoms with Gasteiger partial charge in [0.05, 0.1) is 17.1 Å². The summed E-state index contributed by atoms with van der Waals surface area (Å²) in [6.45, 7) is 2.04. The lowest BCUT2D eigenvalue weighted by Crippen LogP contribution is -1.84. The van der Waals surface area contributed by atoms with E-state index in [0.29, 0.717) is 0 Å². The number of aryl methyl sites for hydroxylation is 1. The summed E-state index contributed by atoms with van der Waals surface area (Å²) in [4.78, 5) is 12.1. The average Bonchev–Trinajstić information content (AvgIpc) is 3.36. The van der Waals surface area contributed by atoms with Crippen molar-refractivity contribution < 1.29 is 4.39 Å². The number of nitrogens with one attached hydrogen (secondary N) is 2. The number of rotatable bonds is 3. The normalized spacial score (nSPS) is 11.2. The lowest BCUT2D eigenvalue weighted by molar-refractivity contribution is 0.628. The van der Waals surface area contributed by atoms with Gasteiger partial charge in [0, 0.05) is 40.6 Å². The van der Waals surface area contributed by atoms with Crippen LogP contribution in [0, 0.1) is 12.7 Å². The van der Waals surface area contributed by atoms with Crippen LogP contribution in [0.5, 0.6) is 0 Å². The number of halogens is 1. The molecule has 0 bridgehead atoms. The van der Waals surface area contributed by atoms with Crippen molar-refractivity contribution in [2.45, 2.75) is 6.92 Å². The smallest absolute Gasteiger partial charge is 0.123 e. The van der Waals surface area contributed by atoms with E-state index in [2.05, 4.69) is 25.1 Å². The summed E-state index contributed by atoms with van der Waals surface area (Å²) in [5.74, 6) is -0.263. The molecule has 0 amide bonds. The van der Waals surface area contributed by atoms with E-state index in [9.17, 15) is 4.39 Å². The molecule has 0 spiro atoms. The molecule has 0 saturated carbocycles. The number of pyridine rings is 2. The van der Waals surface area contributed by atoms with Crippen molar-refractivity contribution in [3.05, 3.63) is 78.5 Å². The van der Waals surface area contributed by atoms with Gasteiger partial charge in [-0.25, -0.2) is 4.39 Å². The van der Waals surface area contributed by atoms with Gasteiger partial charge in [-0.15, -0.1) is 0 Å². The highest BCUT2D eigenvalue weighted by atomic mass is 19.1. The summed E-state index contributed by atoms with van der Waals surface area (Å²) < 4.78 is 13.3. The van der Waals surface area contributed by atoms with Gasteiger partial charge in [0.2, 0.25) is 0 Å². The Morgan fingerprint density at radius 1 is 0.929 bits per heavy atom. The van der Waals surface area contributed by atoms with E-state index in [4.69, 9.17) is 0 Å². The second kappa shape index (κ2) is 6.42. The first-order valence-electron chi connectivity index (χ1n) is 8.89. The number of fused-ring (bicyclic) bond motifs is 1. The fraction of sp³-hybridized carbons (Fsp3) is 0.0455. The van der Waals surface area contributed by atoms with E-state index < -0.39 is 0 Å². The van der Waals surface area contributed by atoms with E-state index in [-0.39, 0.29) is 5.82 Å². The van der Waals surface area contributed by atoms with Crippen LogP contribution in [0.25, 0.3) is 44.8 Å². The third kappa shape index (κ3) is 2.75. The Hall–Kier alpha value is -3.80. The van der Waals surface area contributed by atoms with Gasteiger partial charge >= 0.3 is 0 Å². The molecule has 1 aromatic carbocycles. The van der Waals surface area contributed by atoms with Crippen molar-refractivity contribution in [1.29, 1.82) is 0 Å². The molecule has 4 heterocycles. The van der Waals surface area contributed by atoms with Gasteiger partial charge in [-0.2, -0.15) is 5.10 Å². The van der Waals surface area contributed by atoms with Gasteiger partial charge < -0.3 is 4.98 Å². The van der Waals surface area contributed by atoms with Crippen LogP contribution in [0.4, 0.5) is 4.39 Å². The second-order valence-corrected chi connectivity index (χ2v) is 6.67. The summed E-state index contributed by atoms with van der Waals surface area (Å²) in [6, 6.07) is 14.3. The molecule has 136 valence electrons. The van der Waals surface area contributed by atoms with Crippen LogP contribution in [-0.2, 0) is 0 Å². The number of benzene rings is 1. The fourth-order valence-electron chi connectivity index (χ4n) is 3.37. The molecule has 5 aromatic rings. The predicted molar refractivity (Wildman–Crippen MR) is 107 cm³/mol. The molecule has 0 aliphatic heterocycles. The minimum absolute atomic E-state index is 0.263. The van der Waals surface area contributed by atoms with Crippen molar-refractivity contribution in [2.24, 2.45) is 0 Å². The van der Waals surface area contributed by atoms with Gasteiger partial charge in [0.25, 0.3) is 0 Å². The molecule has 6 heteroatoms. The van der Waals surface area contributed by atoms with Gasteiger partial charge in [-0.05, 0) is 61.0 Å². The van der Waals surface area contributed by atoms with Gasteiger partial charge in [0.1, 0.15) is 11.5 Å². The second-order valence-electron chi connectivity index (χ2n) is 6.67. The summed E-state index contributed by atoms with van der Waals surface area (Å²) in [5.41, 5.74) is 7.37. The Kier molecular flexibility index (Phi) is 3.76. The molecular weight excluding hydrogens is 353 g/mol. The number of hydrogen-bond donors (Lipinski definition) is 2. The Balaban J connectivity index is 1.59. The zero-order chi connectivity index (χ0) is 19.1. The standard InChI is InChI=1S/C22H16FN5/c1-13-6-8-24-12-17(13)19-11-21(28-27-19)20-10-16-18(26-20)7-9-25-22(16)14-2-4-15(23)5-3-14/h2-12,26H,1H3,(H,27,28). The van der Waals surface area contributed by atoms with E-state index in [1.807, 2.05) is 37.4 Å². The van der Waals surface area contributed by atoms with Gasteiger partial charge in [-0.3, -0.25) is 15.1 Å². The van der Waals surface area contributed by atoms with E-state index in [1.165, 1.54) is 12.1 Å². The zero-order valence-electron chi connectivity index (χ0n) is 15.1. The first-order valence-corrected chi connectivity index (χ1v) is 8.89. The summed E-state index contributed by atoms with van der Waals surface area (Å²) >= 11 is 0. The Bertz CT molecular complexity index is 1280. The van der Waals surface area contributed by atoms with Crippen molar-refractivity contribution >= 4 is 10.9 Å². The molecule has 0 saturated heterocycles. The molecule has 0 aliphatic rings. The maximum Gasteiger partial charge on any atom is 0.123 e. The molecule has 0 atom stereocenters. The van der Waals surface area contributed by atoms with Crippen LogP contribution in [-0.4, -0.2) is 25.1 Å². The maximum absolute atomic E-state index is 13.3. The number of hydrogen-bond acceptors (Lipinski definition) is 3.